The van der Waals surface area contributed by atoms with E-state index in [0.717, 1.165) is 22.5 Å². The first kappa shape index (κ1) is 12.0. The highest BCUT2D eigenvalue weighted by Gasteiger charge is 2.13. The fraction of sp³-hybridized carbons (Fsp3) is 0.250. The minimum atomic E-state index is 0.660. The van der Waals surface area contributed by atoms with Crippen LogP contribution in [0.1, 0.15) is 12.7 Å². The van der Waals surface area contributed by atoms with Crippen LogP contribution in [0.25, 0.3) is 0 Å². The molecule has 0 unspecified atom stereocenters. The Morgan fingerprint density at radius 3 is 2.88 bits per heavy atom. The van der Waals surface area contributed by atoms with E-state index in [0.29, 0.717) is 12.2 Å². The van der Waals surface area contributed by atoms with Gasteiger partial charge < -0.3 is 15.1 Å². The predicted octanol–water partition coefficient (Wildman–Crippen LogP) is 3.05. The van der Waals surface area contributed by atoms with Crippen LogP contribution in [0.2, 0.25) is 0 Å². The normalized spacial score (nSPS) is 10.5. The van der Waals surface area contributed by atoms with Crippen LogP contribution < -0.4 is 10.6 Å². The number of nitrogen functional groups attached to an aromatic ring is 1. The molecule has 0 saturated carbocycles. The summed E-state index contributed by atoms with van der Waals surface area (Å²) in [7, 11) is 0. The Hall–Kier alpha value is -1.49. The zero-order valence-electron chi connectivity index (χ0n) is 9.56. The summed E-state index contributed by atoms with van der Waals surface area (Å²) in [6.45, 7) is 3.61. The second kappa shape index (κ2) is 5.23. The molecule has 0 aliphatic carbocycles. The second-order valence-corrected chi connectivity index (χ2v) is 4.51. The number of hydrogen-bond donors (Lipinski definition) is 1. The fourth-order valence-electron chi connectivity index (χ4n) is 1.72. The van der Waals surface area contributed by atoms with Crippen molar-refractivity contribution in [2.45, 2.75) is 13.5 Å². The van der Waals surface area contributed by atoms with E-state index in [1.807, 2.05) is 12.1 Å². The molecule has 0 radical (unpaired) electrons. The molecule has 90 valence electrons. The summed E-state index contributed by atoms with van der Waals surface area (Å²) in [6, 6.07) is 3.84. The van der Waals surface area contributed by atoms with Gasteiger partial charge >= 0.3 is 0 Å². The van der Waals surface area contributed by atoms with Crippen LogP contribution in [0.3, 0.4) is 0 Å². The van der Waals surface area contributed by atoms with Crippen LogP contribution in [0.4, 0.5) is 11.4 Å². The smallest absolute Gasteiger partial charge is 0.123 e. The Kier molecular flexibility index (Phi) is 3.68. The molecule has 2 aromatic heterocycles. The largest absolute Gasteiger partial charge is 0.467 e. The molecule has 0 amide bonds. The molecule has 0 atom stereocenters. The van der Waals surface area contributed by atoms with E-state index in [-0.39, 0.29) is 0 Å². The lowest BCUT2D eigenvalue weighted by molar-refractivity contribution is 0.503. The maximum Gasteiger partial charge on any atom is 0.123 e. The van der Waals surface area contributed by atoms with Crippen molar-refractivity contribution in [3.8, 4) is 0 Å². The zero-order valence-corrected chi connectivity index (χ0v) is 11.1. The van der Waals surface area contributed by atoms with Gasteiger partial charge in [-0.05, 0) is 35.0 Å². The molecule has 2 aromatic rings. The molecule has 0 spiro atoms. The minimum Gasteiger partial charge on any atom is -0.467 e. The maximum absolute atomic E-state index is 5.96. The first-order valence-electron chi connectivity index (χ1n) is 5.38. The monoisotopic (exact) mass is 295 g/mol. The highest BCUT2D eigenvalue weighted by molar-refractivity contribution is 9.10. The molecular formula is C12H14BrN3O. The molecule has 2 rings (SSSR count). The van der Waals surface area contributed by atoms with Crippen LogP contribution in [0.5, 0.6) is 0 Å². The summed E-state index contributed by atoms with van der Waals surface area (Å²) < 4.78 is 6.25. The molecule has 2 heterocycles. The highest BCUT2D eigenvalue weighted by Crippen LogP contribution is 2.32. The number of rotatable bonds is 4. The molecular weight excluding hydrogens is 282 g/mol. The molecule has 0 saturated heterocycles. The molecule has 0 aromatic carbocycles. The van der Waals surface area contributed by atoms with Crippen molar-refractivity contribution in [2.75, 3.05) is 17.2 Å². The Labute approximate surface area is 109 Å². The van der Waals surface area contributed by atoms with Crippen LogP contribution in [-0.4, -0.2) is 11.5 Å². The highest BCUT2D eigenvalue weighted by atomic mass is 79.9. The van der Waals surface area contributed by atoms with Gasteiger partial charge in [-0.1, -0.05) is 0 Å². The van der Waals surface area contributed by atoms with Gasteiger partial charge in [0.15, 0.2) is 0 Å². The van der Waals surface area contributed by atoms with Crippen LogP contribution in [-0.2, 0) is 6.54 Å². The summed E-state index contributed by atoms with van der Waals surface area (Å²) in [5.74, 6) is 0.912. The number of pyridine rings is 1. The van der Waals surface area contributed by atoms with E-state index in [2.05, 4.69) is 32.7 Å². The van der Waals surface area contributed by atoms with Gasteiger partial charge in [0.25, 0.3) is 0 Å². The zero-order chi connectivity index (χ0) is 12.3. The summed E-state index contributed by atoms with van der Waals surface area (Å²) >= 11 is 3.48. The standard InChI is InChI=1S/C12H14BrN3O/c1-2-16(8-9-4-3-5-17-9)12-10(13)6-15-7-11(12)14/h3-7H,2,8,14H2,1H3. The Balaban J connectivity index is 2.29. The van der Waals surface area contributed by atoms with E-state index < -0.39 is 0 Å². The number of nitrogens with two attached hydrogens (primary N) is 1. The van der Waals surface area contributed by atoms with E-state index in [1.165, 1.54) is 0 Å². The lowest BCUT2D eigenvalue weighted by atomic mass is 10.3. The molecule has 0 bridgehead atoms. The molecule has 0 fully saturated rings. The minimum absolute atomic E-state index is 0.660. The summed E-state index contributed by atoms with van der Waals surface area (Å²) in [5.41, 5.74) is 7.58. The lowest BCUT2D eigenvalue weighted by Gasteiger charge is -2.24. The molecule has 0 aliphatic rings. The third-order valence-electron chi connectivity index (χ3n) is 2.53. The van der Waals surface area contributed by atoms with Crippen molar-refractivity contribution in [3.63, 3.8) is 0 Å². The van der Waals surface area contributed by atoms with Crippen molar-refractivity contribution in [3.05, 3.63) is 41.0 Å². The van der Waals surface area contributed by atoms with Gasteiger partial charge in [0, 0.05) is 12.7 Å². The maximum atomic E-state index is 5.96. The number of aromatic nitrogens is 1. The van der Waals surface area contributed by atoms with Crippen LogP contribution >= 0.6 is 15.9 Å². The van der Waals surface area contributed by atoms with Gasteiger partial charge in [-0.25, -0.2) is 0 Å². The number of anilines is 2. The van der Waals surface area contributed by atoms with E-state index >= 15 is 0 Å². The SMILES string of the molecule is CCN(Cc1ccco1)c1c(N)cncc1Br. The average Bonchev–Trinajstić information content (AvgIpc) is 2.80. The Morgan fingerprint density at radius 2 is 2.29 bits per heavy atom. The Bertz CT molecular complexity index is 464. The molecule has 4 nitrogen and oxygen atoms in total. The van der Waals surface area contributed by atoms with E-state index in [4.69, 9.17) is 10.2 Å². The third kappa shape index (κ3) is 2.61. The van der Waals surface area contributed by atoms with E-state index in [9.17, 15) is 0 Å². The van der Waals surface area contributed by atoms with Gasteiger partial charge in [-0.15, -0.1) is 0 Å². The number of hydrogen-bond acceptors (Lipinski definition) is 4. The van der Waals surface area contributed by atoms with E-state index in [1.54, 1.807) is 18.7 Å². The first-order chi connectivity index (χ1) is 8.22. The van der Waals surface area contributed by atoms with Gasteiger partial charge in [-0.2, -0.15) is 0 Å². The van der Waals surface area contributed by atoms with Crippen LogP contribution in [0.15, 0.2) is 39.7 Å². The predicted molar refractivity (Wildman–Crippen MR) is 71.8 cm³/mol. The van der Waals surface area contributed by atoms with Gasteiger partial charge in [-0.3, -0.25) is 4.98 Å². The molecule has 0 aliphatic heterocycles. The topological polar surface area (TPSA) is 55.3 Å². The van der Waals surface area contributed by atoms with Gasteiger partial charge in [0.05, 0.1) is 34.9 Å². The third-order valence-corrected chi connectivity index (χ3v) is 3.11. The number of furan rings is 1. The lowest BCUT2D eigenvalue weighted by Crippen LogP contribution is -2.23. The second-order valence-electron chi connectivity index (χ2n) is 3.65. The van der Waals surface area contributed by atoms with Crippen molar-refractivity contribution in [2.24, 2.45) is 0 Å². The summed E-state index contributed by atoms with van der Waals surface area (Å²) in [4.78, 5) is 6.18. The summed E-state index contributed by atoms with van der Waals surface area (Å²) in [6.07, 6.45) is 5.08. The quantitative estimate of drug-likeness (QED) is 0.942. The molecule has 2 N–H and O–H groups in total. The van der Waals surface area contributed by atoms with Gasteiger partial charge in [0.1, 0.15) is 5.76 Å². The van der Waals surface area contributed by atoms with Crippen molar-refractivity contribution in [1.29, 1.82) is 0 Å². The number of nitrogens with zero attached hydrogens (tertiary/aromatic N) is 2. The van der Waals surface area contributed by atoms with Crippen LogP contribution in [0, 0.1) is 0 Å². The molecule has 17 heavy (non-hydrogen) atoms. The van der Waals surface area contributed by atoms with Crippen molar-refractivity contribution < 1.29 is 4.42 Å². The van der Waals surface area contributed by atoms with Crippen molar-refractivity contribution >= 4 is 27.3 Å². The first-order valence-corrected chi connectivity index (χ1v) is 6.18. The average molecular weight is 296 g/mol. The summed E-state index contributed by atoms with van der Waals surface area (Å²) in [5, 5.41) is 0. The Morgan fingerprint density at radius 1 is 1.47 bits per heavy atom. The fourth-order valence-corrected chi connectivity index (χ4v) is 2.31. The van der Waals surface area contributed by atoms with Crippen molar-refractivity contribution in [1.82, 2.24) is 4.98 Å². The molecule has 5 heteroatoms. The number of halogens is 1. The van der Waals surface area contributed by atoms with Gasteiger partial charge in [0.2, 0.25) is 0 Å².